The molecule has 4 rings (SSSR count). The molecular weight excluding hydrogens is 431 g/mol. The van der Waals surface area contributed by atoms with E-state index in [1.807, 2.05) is 0 Å². The number of amides is 1. The first-order valence-corrected chi connectivity index (χ1v) is 10.5. The van der Waals surface area contributed by atoms with Crippen molar-refractivity contribution >= 4 is 35.1 Å². The van der Waals surface area contributed by atoms with E-state index in [0.29, 0.717) is 37.7 Å². The molecule has 4 aromatic rings. The van der Waals surface area contributed by atoms with Crippen molar-refractivity contribution in [2.75, 3.05) is 12.4 Å². The smallest absolute Gasteiger partial charge is 0.268 e. The van der Waals surface area contributed by atoms with Crippen molar-refractivity contribution in [1.29, 1.82) is 0 Å². The molecule has 32 heavy (non-hydrogen) atoms. The number of anilines is 1. The van der Waals surface area contributed by atoms with Gasteiger partial charge in [-0.15, -0.1) is 11.3 Å². The van der Waals surface area contributed by atoms with Crippen molar-refractivity contribution in [2.45, 2.75) is 0 Å². The Balaban J connectivity index is 1.64. The number of rotatable bonds is 5. The molecule has 0 aliphatic heterocycles. The lowest BCUT2D eigenvalue weighted by Gasteiger charge is -2.07. The Morgan fingerprint density at radius 1 is 1.12 bits per heavy atom. The van der Waals surface area contributed by atoms with Crippen LogP contribution in [-0.4, -0.2) is 17.6 Å². The number of carbonyl (C=O) groups is 1. The number of halogens is 1. The van der Waals surface area contributed by atoms with Crippen LogP contribution in [0.4, 0.5) is 10.1 Å². The number of nitrogens with zero attached hydrogens (tertiary/aromatic N) is 1. The van der Waals surface area contributed by atoms with Crippen molar-refractivity contribution in [1.82, 2.24) is 4.57 Å². The van der Waals surface area contributed by atoms with E-state index in [-0.39, 0.29) is 5.56 Å². The number of nitrogens with one attached hydrogen (secondary N) is 1. The van der Waals surface area contributed by atoms with E-state index in [9.17, 15) is 14.0 Å². The maximum atomic E-state index is 14.0. The fourth-order valence-corrected chi connectivity index (χ4v) is 4.11. The SMILES string of the molecule is COc1ccccc1NC(=O)/C=c1/s/c(=C\c2ccc(-c3ccccc3F)o2)c(=O)n1C. The monoisotopic (exact) mass is 450 g/mol. The lowest BCUT2D eigenvalue weighted by atomic mass is 10.1. The van der Waals surface area contributed by atoms with Gasteiger partial charge in [0.15, 0.2) is 0 Å². The molecule has 2 heterocycles. The number of thiazole rings is 1. The summed E-state index contributed by atoms with van der Waals surface area (Å²) in [4.78, 5) is 25.1. The molecule has 6 nitrogen and oxygen atoms in total. The largest absolute Gasteiger partial charge is 0.495 e. The van der Waals surface area contributed by atoms with Gasteiger partial charge in [0.25, 0.3) is 11.5 Å². The second-order valence-corrected chi connectivity index (χ2v) is 7.89. The summed E-state index contributed by atoms with van der Waals surface area (Å²) >= 11 is 1.15. The Kier molecular flexibility index (Phi) is 6.04. The molecule has 0 unspecified atom stereocenters. The normalized spacial score (nSPS) is 12.2. The van der Waals surface area contributed by atoms with Gasteiger partial charge in [0.1, 0.15) is 27.8 Å². The Labute approximate surface area is 186 Å². The number of para-hydroxylation sites is 2. The van der Waals surface area contributed by atoms with Crippen LogP contribution < -0.4 is 24.8 Å². The predicted octanol–water partition coefficient (Wildman–Crippen LogP) is 3.10. The lowest BCUT2D eigenvalue weighted by molar-refractivity contribution is -0.110. The zero-order valence-electron chi connectivity index (χ0n) is 17.3. The number of benzene rings is 2. The molecule has 0 aliphatic carbocycles. The summed E-state index contributed by atoms with van der Waals surface area (Å²) in [6.07, 6.45) is 2.93. The molecule has 162 valence electrons. The van der Waals surface area contributed by atoms with Crippen LogP contribution in [0.1, 0.15) is 5.76 Å². The summed E-state index contributed by atoms with van der Waals surface area (Å²) in [6, 6.07) is 16.7. The Morgan fingerprint density at radius 3 is 2.66 bits per heavy atom. The van der Waals surface area contributed by atoms with E-state index in [0.717, 1.165) is 11.3 Å². The minimum Gasteiger partial charge on any atom is -0.495 e. The first kappa shape index (κ1) is 21.3. The molecule has 1 N–H and O–H groups in total. The number of ether oxygens (including phenoxy) is 1. The van der Waals surface area contributed by atoms with Crippen LogP contribution in [0.5, 0.6) is 5.75 Å². The van der Waals surface area contributed by atoms with Crippen LogP contribution in [0.15, 0.2) is 69.9 Å². The number of methoxy groups -OCH3 is 1. The highest BCUT2D eigenvalue weighted by molar-refractivity contribution is 7.07. The van der Waals surface area contributed by atoms with Gasteiger partial charge in [-0.05, 0) is 36.4 Å². The van der Waals surface area contributed by atoms with Gasteiger partial charge in [0, 0.05) is 19.2 Å². The van der Waals surface area contributed by atoms with Gasteiger partial charge in [-0.3, -0.25) is 9.59 Å². The van der Waals surface area contributed by atoms with Crippen molar-refractivity contribution < 1.29 is 18.3 Å². The van der Waals surface area contributed by atoms with Gasteiger partial charge in [-0.25, -0.2) is 4.39 Å². The first-order valence-electron chi connectivity index (χ1n) is 9.64. The van der Waals surface area contributed by atoms with Gasteiger partial charge >= 0.3 is 0 Å². The van der Waals surface area contributed by atoms with Gasteiger partial charge < -0.3 is 19.0 Å². The third-order valence-corrected chi connectivity index (χ3v) is 5.83. The highest BCUT2D eigenvalue weighted by atomic mass is 32.1. The summed E-state index contributed by atoms with van der Waals surface area (Å²) in [6.45, 7) is 0. The van der Waals surface area contributed by atoms with Crippen LogP contribution in [0.2, 0.25) is 0 Å². The van der Waals surface area contributed by atoms with E-state index < -0.39 is 11.7 Å². The second-order valence-electron chi connectivity index (χ2n) is 6.83. The van der Waals surface area contributed by atoms with Crippen molar-refractivity contribution in [2.24, 2.45) is 7.05 Å². The van der Waals surface area contributed by atoms with Gasteiger partial charge in [0.05, 0.1) is 22.9 Å². The molecule has 1 amide bonds. The predicted molar refractivity (Wildman–Crippen MR) is 123 cm³/mol. The standard InChI is InChI=1S/C24H19FN2O4S/c1-27-23(14-22(28)26-18-9-5-6-10-20(18)30-2)32-21(24(27)29)13-15-11-12-19(31-15)16-7-3-4-8-17(16)25/h3-14H,1-2H3,(H,26,28)/b21-13-,23-14+. The highest BCUT2D eigenvalue weighted by Gasteiger charge is 2.10. The molecule has 0 bridgehead atoms. The maximum Gasteiger partial charge on any atom is 0.268 e. The molecular formula is C24H19FN2O4S. The summed E-state index contributed by atoms with van der Waals surface area (Å²) in [5.41, 5.74) is 0.601. The second kappa shape index (κ2) is 9.07. The fourth-order valence-electron chi connectivity index (χ4n) is 3.10. The van der Waals surface area contributed by atoms with E-state index in [1.54, 1.807) is 67.7 Å². The summed E-state index contributed by atoms with van der Waals surface area (Å²) in [5, 5.41) is 2.75. The van der Waals surface area contributed by atoms with Gasteiger partial charge in [-0.2, -0.15) is 0 Å². The van der Waals surface area contributed by atoms with Crippen molar-refractivity contribution in [3.8, 4) is 17.1 Å². The quantitative estimate of drug-likeness (QED) is 0.507. The summed E-state index contributed by atoms with van der Waals surface area (Å²) in [7, 11) is 3.11. The van der Waals surface area contributed by atoms with Crippen molar-refractivity contribution in [3.63, 3.8) is 0 Å². The zero-order valence-corrected chi connectivity index (χ0v) is 18.1. The molecule has 0 saturated heterocycles. The average Bonchev–Trinajstić information content (AvgIpc) is 3.35. The minimum absolute atomic E-state index is 0.268. The highest BCUT2D eigenvalue weighted by Crippen LogP contribution is 2.25. The lowest BCUT2D eigenvalue weighted by Crippen LogP contribution is -2.29. The molecule has 0 saturated carbocycles. The van der Waals surface area contributed by atoms with Crippen molar-refractivity contribution in [3.05, 3.63) is 91.8 Å². The molecule has 0 atom stereocenters. The maximum absolute atomic E-state index is 14.0. The van der Waals surface area contributed by atoms with Crippen LogP contribution in [0.3, 0.4) is 0 Å². The number of aromatic nitrogens is 1. The van der Waals surface area contributed by atoms with Gasteiger partial charge in [-0.1, -0.05) is 24.3 Å². The Hall–Kier alpha value is -3.91. The Morgan fingerprint density at radius 2 is 1.88 bits per heavy atom. The molecule has 2 aromatic carbocycles. The molecule has 0 radical (unpaired) electrons. The number of furan rings is 1. The summed E-state index contributed by atoms with van der Waals surface area (Å²) in [5.74, 6) is 0.529. The average molecular weight is 450 g/mol. The molecule has 8 heteroatoms. The molecule has 0 aliphatic rings. The Bertz CT molecular complexity index is 1470. The summed E-state index contributed by atoms with van der Waals surface area (Å²) < 4.78 is 27.2. The molecule has 2 aromatic heterocycles. The van der Waals surface area contributed by atoms with E-state index in [1.165, 1.54) is 23.8 Å². The minimum atomic E-state index is -0.391. The number of hydrogen-bond acceptors (Lipinski definition) is 5. The first-order chi connectivity index (χ1) is 15.5. The topological polar surface area (TPSA) is 73.5 Å². The zero-order chi connectivity index (χ0) is 22.7. The number of carbonyl (C=O) groups excluding carboxylic acids is 1. The van der Waals surface area contributed by atoms with Gasteiger partial charge in [0.2, 0.25) is 0 Å². The van der Waals surface area contributed by atoms with Crippen LogP contribution in [-0.2, 0) is 11.8 Å². The van der Waals surface area contributed by atoms with Crippen LogP contribution in [0, 0.1) is 5.82 Å². The fraction of sp³-hybridized carbons (Fsp3) is 0.0833. The molecule has 0 fully saturated rings. The van der Waals surface area contributed by atoms with Crippen LogP contribution in [0.25, 0.3) is 23.5 Å². The van der Waals surface area contributed by atoms with Crippen LogP contribution >= 0.6 is 11.3 Å². The molecule has 0 spiro atoms. The third-order valence-electron chi connectivity index (χ3n) is 4.72. The van der Waals surface area contributed by atoms with E-state index >= 15 is 0 Å². The van der Waals surface area contributed by atoms with E-state index in [4.69, 9.17) is 9.15 Å². The third kappa shape index (κ3) is 4.40. The van der Waals surface area contributed by atoms with E-state index in [2.05, 4.69) is 5.32 Å². The number of hydrogen-bond donors (Lipinski definition) is 1.